The molecule has 16 heavy (non-hydrogen) atoms. The molecular weight excluding hydrogens is 266 g/mol. The van der Waals surface area contributed by atoms with Crippen molar-refractivity contribution in [2.24, 2.45) is 0 Å². The van der Waals surface area contributed by atoms with Gasteiger partial charge in [-0.05, 0) is 0 Å². The van der Waals surface area contributed by atoms with Crippen molar-refractivity contribution in [1.82, 2.24) is 4.98 Å². The number of hydrogen-bond donors (Lipinski definition) is 1. The zero-order valence-electron chi connectivity index (χ0n) is 7.35. The molecule has 0 unspecified atom stereocenters. The van der Waals surface area contributed by atoms with Crippen LogP contribution in [0.2, 0.25) is 0 Å². The summed E-state index contributed by atoms with van der Waals surface area (Å²) in [5, 5.41) is 17.6. The fraction of sp³-hybridized carbons (Fsp3) is 0.143. The first-order chi connectivity index (χ1) is 7.29. The van der Waals surface area contributed by atoms with Crippen molar-refractivity contribution in [3.63, 3.8) is 0 Å². The highest BCUT2D eigenvalue weighted by atomic mass is 35.7. The Morgan fingerprint density at radius 2 is 2.12 bits per heavy atom. The second-order valence-electron chi connectivity index (χ2n) is 2.59. The van der Waals surface area contributed by atoms with Gasteiger partial charge in [-0.15, -0.1) is 0 Å². The predicted octanol–water partition coefficient (Wildman–Crippen LogP) is 1.52. The summed E-state index contributed by atoms with van der Waals surface area (Å²) < 4.78 is 47.1. The van der Waals surface area contributed by atoms with Gasteiger partial charge in [-0.2, -0.15) is 5.26 Å². The van der Waals surface area contributed by atoms with E-state index in [1.807, 2.05) is 0 Å². The van der Waals surface area contributed by atoms with Crippen LogP contribution in [0, 0.1) is 11.3 Å². The lowest BCUT2D eigenvalue weighted by Gasteiger charge is -2.08. The third-order valence-electron chi connectivity index (χ3n) is 1.62. The zero-order valence-corrected chi connectivity index (χ0v) is 8.93. The first-order valence-corrected chi connectivity index (χ1v) is 5.94. The molecule has 0 radical (unpaired) electrons. The molecule has 1 N–H and O–H groups in total. The molecule has 0 aliphatic carbocycles. The lowest BCUT2D eigenvalue weighted by atomic mass is 10.2. The number of halogens is 3. The molecule has 1 heterocycles. The molecular formula is C7H3ClF2N2O3S. The number of nitriles is 1. The van der Waals surface area contributed by atoms with E-state index in [4.69, 9.17) is 21.1 Å². The molecule has 0 bridgehead atoms. The Morgan fingerprint density at radius 3 is 2.50 bits per heavy atom. The first kappa shape index (κ1) is 12.6. The number of nitrogens with zero attached hydrogens (tertiary/aromatic N) is 2. The second-order valence-corrected chi connectivity index (χ2v) is 5.09. The van der Waals surface area contributed by atoms with Gasteiger partial charge in [0.15, 0.2) is 5.69 Å². The highest BCUT2D eigenvalue weighted by Gasteiger charge is 2.29. The van der Waals surface area contributed by atoms with Crippen molar-refractivity contribution in [2.45, 2.75) is 11.3 Å². The van der Waals surface area contributed by atoms with Crippen LogP contribution >= 0.6 is 10.7 Å². The van der Waals surface area contributed by atoms with Crippen molar-refractivity contribution < 1.29 is 22.3 Å². The normalized spacial score (nSPS) is 11.4. The maximum absolute atomic E-state index is 12.5. The van der Waals surface area contributed by atoms with Gasteiger partial charge in [-0.3, -0.25) is 0 Å². The van der Waals surface area contributed by atoms with E-state index in [1.165, 1.54) is 6.07 Å². The van der Waals surface area contributed by atoms with E-state index in [2.05, 4.69) is 4.98 Å². The Hall–Kier alpha value is -1.46. The lowest BCUT2D eigenvalue weighted by Crippen LogP contribution is -2.04. The fourth-order valence-corrected chi connectivity index (χ4v) is 2.29. The fourth-order valence-electron chi connectivity index (χ4n) is 1.04. The minimum absolute atomic E-state index is 0.561. The smallest absolute Gasteiger partial charge is 0.268 e. The molecule has 0 spiro atoms. The number of aromatic hydroxyl groups is 1. The largest absolute Gasteiger partial charge is 0.506 e. The molecule has 1 aromatic rings. The maximum Gasteiger partial charge on any atom is 0.268 e. The SMILES string of the molecule is N#Cc1ncc(O)c(C(F)F)c1S(=O)(=O)Cl. The highest BCUT2D eigenvalue weighted by molar-refractivity contribution is 8.13. The van der Waals surface area contributed by atoms with Gasteiger partial charge in [-0.25, -0.2) is 22.2 Å². The summed E-state index contributed by atoms with van der Waals surface area (Å²) in [5.41, 5.74) is -2.01. The van der Waals surface area contributed by atoms with Gasteiger partial charge in [0.2, 0.25) is 0 Å². The van der Waals surface area contributed by atoms with E-state index in [9.17, 15) is 17.2 Å². The Kier molecular flexibility index (Phi) is 3.30. The minimum atomic E-state index is -4.60. The van der Waals surface area contributed by atoms with E-state index < -0.39 is 37.4 Å². The van der Waals surface area contributed by atoms with E-state index in [0.29, 0.717) is 6.20 Å². The van der Waals surface area contributed by atoms with Gasteiger partial charge < -0.3 is 5.11 Å². The van der Waals surface area contributed by atoms with Gasteiger partial charge >= 0.3 is 0 Å². The third kappa shape index (κ3) is 2.20. The lowest BCUT2D eigenvalue weighted by molar-refractivity contribution is 0.143. The summed E-state index contributed by atoms with van der Waals surface area (Å²) in [4.78, 5) is 2.04. The minimum Gasteiger partial charge on any atom is -0.506 e. The molecule has 5 nitrogen and oxygen atoms in total. The van der Waals surface area contributed by atoms with E-state index >= 15 is 0 Å². The highest BCUT2D eigenvalue weighted by Crippen LogP contribution is 2.36. The maximum atomic E-state index is 12.5. The monoisotopic (exact) mass is 268 g/mol. The van der Waals surface area contributed by atoms with Crippen LogP contribution in [0.4, 0.5) is 8.78 Å². The third-order valence-corrected chi connectivity index (χ3v) is 2.98. The van der Waals surface area contributed by atoms with Crippen molar-refractivity contribution in [3.05, 3.63) is 17.5 Å². The van der Waals surface area contributed by atoms with Gasteiger partial charge in [-0.1, -0.05) is 0 Å². The van der Waals surface area contributed by atoms with Gasteiger partial charge in [0, 0.05) is 10.7 Å². The molecule has 0 aromatic carbocycles. The molecule has 0 saturated carbocycles. The average Bonchev–Trinajstić information content (AvgIpc) is 2.15. The predicted molar refractivity (Wildman–Crippen MR) is 48.6 cm³/mol. The van der Waals surface area contributed by atoms with E-state index in [0.717, 1.165) is 0 Å². The molecule has 9 heteroatoms. The van der Waals surface area contributed by atoms with Crippen molar-refractivity contribution >= 4 is 19.7 Å². The summed E-state index contributed by atoms with van der Waals surface area (Å²) in [7, 11) is 0.304. The molecule has 0 fully saturated rings. The van der Waals surface area contributed by atoms with Crippen LogP contribution in [0.5, 0.6) is 5.75 Å². The van der Waals surface area contributed by atoms with Gasteiger partial charge in [0.25, 0.3) is 15.5 Å². The summed E-state index contributed by atoms with van der Waals surface area (Å²) in [6.45, 7) is 0. The second kappa shape index (κ2) is 4.19. The molecule has 86 valence electrons. The topological polar surface area (TPSA) is 91.0 Å². The number of hydrogen-bond acceptors (Lipinski definition) is 5. The van der Waals surface area contributed by atoms with Crippen LogP contribution in [-0.4, -0.2) is 18.5 Å². The first-order valence-electron chi connectivity index (χ1n) is 3.63. The molecule has 1 rings (SSSR count). The zero-order chi connectivity index (χ0) is 12.5. The molecule has 0 atom stereocenters. The van der Waals surface area contributed by atoms with Crippen molar-refractivity contribution in [1.29, 1.82) is 5.26 Å². The van der Waals surface area contributed by atoms with Crippen molar-refractivity contribution in [3.8, 4) is 11.8 Å². The van der Waals surface area contributed by atoms with Crippen molar-refractivity contribution in [2.75, 3.05) is 0 Å². The summed E-state index contributed by atoms with van der Waals surface area (Å²) in [6.07, 6.45) is -2.73. The Balaban J connectivity index is 3.79. The van der Waals surface area contributed by atoms with Crippen LogP contribution in [0.15, 0.2) is 11.1 Å². The number of rotatable bonds is 2. The van der Waals surface area contributed by atoms with Crippen LogP contribution in [-0.2, 0) is 9.05 Å². The van der Waals surface area contributed by atoms with Gasteiger partial charge in [0.1, 0.15) is 16.7 Å². The molecule has 0 aliphatic heterocycles. The molecule has 0 aliphatic rings. The van der Waals surface area contributed by atoms with Crippen LogP contribution in [0.25, 0.3) is 0 Å². The standard InChI is InChI=1S/C7H3ClF2N2O3S/c8-16(14,15)6-3(1-11)12-2-4(13)5(6)7(9)10/h2,7,13H. The molecule has 0 amide bonds. The van der Waals surface area contributed by atoms with Crippen LogP contribution in [0.1, 0.15) is 17.7 Å². The Labute approximate surface area is 93.3 Å². The number of aromatic nitrogens is 1. The average molecular weight is 269 g/mol. The number of pyridine rings is 1. The Bertz CT molecular complexity index is 568. The molecule has 1 aromatic heterocycles. The summed E-state index contributed by atoms with van der Waals surface area (Å²) in [5.74, 6) is -1.03. The van der Waals surface area contributed by atoms with Crippen LogP contribution < -0.4 is 0 Å². The number of alkyl halides is 2. The summed E-state index contributed by atoms with van der Waals surface area (Å²) >= 11 is 0. The van der Waals surface area contributed by atoms with E-state index in [-0.39, 0.29) is 0 Å². The summed E-state index contributed by atoms with van der Waals surface area (Å²) in [6, 6.07) is 1.31. The van der Waals surface area contributed by atoms with Gasteiger partial charge in [0.05, 0.1) is 11.8 Å². The van der Waals surface area contributed by atoms with Crippen LogP contribution in [0.3, 0.4) is 0 Å². The molecule has 0 saturated heterocycles. The quantitative estimate of drug-likeness (QED) is 0.821. The van der Waals surface area contributed by atoms with E-state index in [1.54, 1.807) is 0 Å². The Morgan fingerprint density at radius 1 is 1.56 bits per heavy atom.